The quantitative estimate of drug-likeness (QED) is 0.924. The summed E-state index contributed by atoms with van der Waals surface area (Å²) < 4.78 is 0. The fourth-order valence-electron chi connectivity index (χ4n) is 3.03. The summed E-state index contributed by atoms with van der Waals surface area (Å²) in [7, 11) is 0. The third-order valence-corrected chi connectivity index (χ3v) is 4.74. The summed E-state index contributed by atoms with van der Waals surface area (Å²) in [6.07, 6.45) is 2.12. The highest BCUT2D eigenvalue weighted by Crippen LogP contribution is 2.31. The molecule has 0 spiro atoms. The minimum atomic E-state index is -0.897. The number of benzene rings is 1. The second-order valence-electron chi connectivity index (χ2n) is 6.24. The van der Waals surface area contributed by atoms with Gasteiger partial charge in [0.25, 0.3) is 0 Å². The van der Waals surface area contributed by atoms with Crippen LogP contribution in [-0.2, 0) is 4.79 Å². The van der Waals surface area contributed by atoms with E-state index in [2.05, 4.69) is 11.8 Å². The number of piperazine rings is 1. The molecule has 1 aliphatic heterocycles. The van der Waals surface area contributed by atoms with Gasteiger partial charge in [-0.2, -0.15) is 0 Å². The first-order chi connectivity index (χ1) is 10.6. The number of nitrogens with zero attached hydrogens (tertiary/aromatic N) is 2. The van der Waals surface area contributed by atoms with Crippen molar-refractivity contribution in [1.82, 2.24) is 9.80 Å². The van der Waals surface area contributed by atoms with Crippen LogP contribution in [0.25, 0.3) is 0 Å². The molecular formula is C17H22N2O3. The molecule has 2 aliphatic rings. The van der Waals surface area contributed by atoms with Crippen molar-refractivity contribution in [2.75, 3.05) is 26.2 Å². The van der Waals surface area contributed by atoms with Crippen LogP contribution in [0.2, 0.25) is 0 Å². The van der Waals surface area contributed by atoms with Crippen LogP contribution in [0.5, 0.6) is 0 Å². The number of hydrogen-bond donors (Lipinski definition) is 1. The molecule has 3 rings (SSSR count). The molecule has 0 bridgehead atoms. The predicted molar refractivity (Wildman–Crippen MR) is 82.7 cm³/mol. The molecule has 1 aromatic carbocycles. The molecule has 0 unspecified atom stereocenters. The molecule has 2 fully saturated rings. The lowest BCUT2D eigenvalue weighted by atomic mass is 10.0. The maximum atomic E-state index is 12.1. The zero-order valence-electron chi connectivity index (χ0n) is 12.9. The van der Waals surface area contributed by atoms with Gasteiger partial charge in [-0.15, -0.1) is 0 Å². The van der Waals surface area contributed by atoms with E-state index >= 15 is 0 Å². The Balaban J connectivity index is 1.58. The smallest absolute Gasteiger partial charge is 0.335 e. The lowest BCUT2D eigenvalue weighted by molar-refractivity contribution is -0.134. The summed E-state index contributed by atoms with van der Waals surface area (Å²) in [5.41, 5.74) is 1.43. The third kappa shape index (κ3) is 3.14. The van der Waals surface area contributed by atoms with Gasteiger partial charge in [0.1, 0.15) is 0 Å². The van der Waals surface area contributed by atoms with Crippen molar-refractivity contribution >= 4 is 11.9 Å². The molecule has 22 heavy (non-hydrogen) atoms. The maximum absolute atomic E-state index is 12.1. The molecule has 1 N–H and O–H groups in total. The highest BCUT2D eigenvalue weighted by atomic mass is 16.4. The van der Waals surface area contributed by atoms with Gasteiger partial charge in [0.2, 0.25) is 5.91 Å². The maximum Gasteiger partial charge on any atom is 0.335 e. The number of aromatic carboxylic acids is 1. The first kappa shape index (κ1) is 15.0. The number of carbonyl (C=O) groups excluding carboxylic acids is 1. The normalized spacial score (nSPS) is 20.7. The molecule has 118 valence electrons. The molecule has 1 amide bonds. The van der Waals surface area contributed by atoms with E-state index in [4.69, 9.17) is 5.11 Å². The van der Waals surface area contributed by atoms with Crippen molar-refractivity contribution in [2.24, 2.45) is 5.92 Å². The number of rotatable bonds is 4. The van der Waals surface area contributed by atoms with Gasteiger partial charge in [0.05, 0.1) is 5.56 Å². The van der Waals surface area contributed by atoms with Gasteiger partial charge in [-0.25, -0.2) is 4.79 Å². The van der Waals surface area contributed by atoms with Gasteiger partial charge in [-0.1, -0.05) is 12.1 Å². The van der Waals surface area contributed by atoms with E-state index in [0.717, 1.165) is 44.6 Å². The van der Waals surface area contributed by atoms with Gasteiger partial charge in [0.15, 0.2) is 0 Å². The molecule has 5 heteroatoms. The van der Waals surface area contributed by atoms with Gasteiger partial charge in [-0.05, 0) is 37.5 Å². The standard InChI is InChI=1S/C17H22N2O3/c1-12(13-2-6-15(7-3-13)17(21)22)18-8-10-19(11-9-18)16(20)14-4-5-14/h2-3,6-7,12,14H,4-5,8-11H2,1H3,(H,21,22)/t12-/m1/s1. The summed E-state index contributed by atoms with van der Waals surface area (Å²) in [4.78, 5) is 27.3. The van der Waals surface area contributed by atoms with Crippen LogP contribution in [0, 0.1) is 5.92 Å². The summed E-state index contributed by atoms with van der Waals surface area (Å²) in [5.74, 6) is -0.267. The molecular weight excluding hydrogens is 280 g/mol. The molecule has 1 saturated carbocycles. The minimum Gasteiger partial charge on any atom is -0.478 e. The lowest BCUT2D eigenvalue weighted by Gasteiger charge is -2.38. The summed E-state index contributed by atoms with van der Waals surface area (Å²) in [6, 6.07) is 7.31. The third-order valence-electron chi connectivity index (χ3n) is 4.74. The largest absolute Gasteiger partial charge is 0.478 e. The van der Waals surface area contributed by atoms with Crippen LogP contribution < -0.4 is 0 Å². The van der Waals surface area contributed by atoms with Crippen molar-refractivity contribution in [2.45, 2.75) is 25.8 Å². The summed E-state index contributed by atoms with van der Waals surface area (Å²) >= 11 is 0. The summed E-state index contributed by atoms with van der Waals surface area (Å²) in [5, 5.41) is 8.95. The molecule has 5 nitrogen and oxygen atoms in total. The molecule has 0 aromatic heterocycles. The predicted octanol–water partition coefficient (Wildman–Crippen LogP) is 2.00. The fourth-order valence-corrected chi connectivity index (χ4v) is 3.03. The van der Waals surface area contributed by atoms with E-state index < -0.39 is 5.97 Å². The van der Waals surface area contributed by atoms with Gasteiger partial charge in [0, 0.05) is 38.1 Å². The Morgan fingerprint density at radius 3 is 2.18 bits per heavy atom. The van der Waals surface area contributed by atoms with Crippen LogP contribution in [0.15, 0.2) is 24.3 Å². The van der Waals surface area contributed by atoms with E-state index in [0.29, 0.717) is 17.4 Å². The average molecular weight is 302 g/mol. The van der Waals surface area contributed by atoms with Crippen LogP contribution in [0.1, 0.15) is 41.7 Å². The first-order valence-electron chi connectivity index (χ1n) is 7.92. The number of carboxylic acid groups (broad SMARTS) is 1. The SMILES string of the molecule is C[C@H](c1ccc(C(=O)O)cc1)N1CCN(C(=O)C2CC2)CC1. The number of carbonyl (C=O) groups is 2. The van der Waals surface area contributed by atoms with E-state index in [1.165, 1.54) is 0 Å². The first-order valence-corrected chi connectivity index (χ1v) is 7.92. The Labute approximate surface area is 130 Å². The van der Waals surface area contributed by atoms with E-state index in [1.807, 2.05) is 17.0 Å². The Bertz CT molecular complexity index is 558. The monoisotopic (exact) mass is 302 g/mol. The number of carboxylic acids is 1. The Kier molecular flexibility index (Phi) is 4.16. The van der Waals surface area contributed by atoms with Gasteiger partial charge >= 0.3 is 5.97 Å². The van der Waals surface area contributed by atoms with Crippen LogP contribution in [0.3, 0.4) is 0 Å². The van der Waals surface area contributed by atoms with Crippen molar-refractivity contribution < 1.29 is 14.7 Å². The Morgan fingerprint density at radius 1 is 1.09 bits per heavy atom. The molecule has 1 saturated heterocycles. The van der Waals surface area contributed by atoms with E-state index in [-0.39, 0.29) is 6.04 Å². The van der Waals surface area contributed by atoms with Gasteiger partial charge in [-0.3, -0.25) is 9.69 Å². The molecule has 1 aromatic rings. The van der Waals surface area contributed by atoms with Crippen LogP contribution >= 0.6 is 0 Å². The van der Waals surface area contributed by atoms with Gasteiger partial charge < -0.3 is 10.0 Å². The fraction of sp³-hybridized carbons (Fsp3) is 0.529. The summed E-state index contributed by atoms with van der Waals surface area (Å²) in [6.45, 7) is 5.48. The van der Waals surface area contributed by atoms with E-state index in [9.17, 15) is 9.59 Å². The molecule has 1 aliphatic carbocycles. The molecule has 1 heterocycles. The average Bonchev–Trinajstić information content (AvgIpc) is 3.38. The minimum absolute atomic E-state index is 0.237. The topological polar surface area (TPSA) is 60.9 Å². The van der Waals surface area contributed by atoms with Crippen molar-refractivity contribution in [3.63, 3.8) is 0 Å². The van der Waals surface area contributed by atoms with Crippen molar-refractivity contribution in [3.8, 4) is 0 Å². The van der Waals surface area contributed by atoms with Crippen LogP contribution in [-0.4, -0.2) is 53.0 Å². The zero-order chi connectivity index (χ0) is 15.7. The van der Waals surface area contributed by atoms with E-state index in [1.54, 1.807) is 12.1 Å². The molecule has 0 radical (unpaired) electrons. The van der Waals surface area contributed by atoms with Crippen molar-refractivity contribution in [3.05, 3.63) is 35.4 Å². The highest BCUT2D eigenvalue weighted by Gasteiger charge is 2.35. The second kappa shape index (κ2) is 6.08. The Morgan fingerprint density at radius 2 is 1.68 bits per heavy atom. The second-order valence-corrected chi connectivity index (χ2v) is 6.24. The highest BCUT2D eigenvalue weighted by molar-refractivity contribution is 5.87. The zero-order valence-corrected chi connectivity index (χ0v) is 12.9. The Hall–Kier alpha value is -1.88. The number of hydrogen-bond acceptors (Lipinski definition) is 3. The lowest BCUT2D eigenvalue weighted by Crippen LogP contribution is -2.49. The van der Waals surface area contributed by atoms with Crippen molar-refractivity contribution in [1.29, 1.82) is 0 Å². The molecule has 1 atom stereocenters. The number of amides is 1. The van der Waals surface area contributed by atoms with Crippen LogP contribution in [0.4, 0.5) is 0 Å².